The number of esters is 1. The van der Waals surface area contributed by atoms with Gasteiger partial charge < -0.3 is 24.4 Å². The Bertz CT molecular complexity index is 1180. The van der Waals surface area contributed by atoms with Crippen molar-refractivity contribution in [2.24, 2.45) is 17.0 Å². The van der Waals surface area contributed by atoms with Gasteiger partial charge in [-0.15, -0.1) is 0 Å². The molecule has 0 aromatic carbocycles. The quantitative estimate of drug-likeness (QED) is 0.132. The van der Waals surface area contributed by atoms with E-state index in [1.54, 1.807) is 24.7 Å². The van der Waals surface area contributed by atoms with Crippen molar-refractivity contribution in [1.29, 1.82) is 0 Å². The van der Waals surface area contributed by atoms with Gasteiger partial charge in [0.1, 0.15) is 29.8 Å². The minimum atomic E-state index is -3.80. The number of imidazole rings is 1. The third-order valence-electron chi connectivity index (χ3n) is 6.29. The molecule has 2 aromatic rings. The van der Waals surface area contributed by atoms with Gasteiger partial charge in [-0.2, -0.15) is 0 Å². The standard InChI is InChI=1S/C26H44N7O5P/c1-17(2)11-20(12-18(3)4)31-38-39(35,32-26(6,7)25(34)37-21-9-8-10-21)16-36-19(5)13-33-15-30-22-23(27)28-14-29-24(22)33/h14-15,17-19,21H,8-13,16H2,1-7H3,(H,32,35)(H2,27,28,29)/t19-,39+/m1/s1. The van der Waals surface area contributed by atoms with Crippen LogP contribution >= 0.6 is 7.52 Å². The summed E-state index contributed by atoms with van der Waals surface area (Å²) >= 11 is 0. The number of ether oxygens (including phenoxy) is 2. The van der Waals surface area contributed by atoms with Gasteiger partial charge in [-0.25, -0.2) is 20.0 Å². The molecule has 1 aliphatic carbocycles. The lowest BCUT2D eigenvalue weighted by molar-refractivity contribution is -0.159. The molecule has 0 unspecified atom stereocenters. The van der Waals surface area contributed by atoms with E-state index in [1.165, 1.54) is 6.33 Å². The average Bonchev–Trinajstić information content (AvgIpc) is 3.21. The van der Waals surface area contributed by atoms with Gasteiger partial charge in [-0.3, -0.25) is 9.36 Å². The lowest BCUT2D eigenvalue weighted by Gasteiger charge is -2.33. The number of rotatable bonds is 15. The van der Waals surface area contributed by atoms with Crippen LogP contribution in [-0.2, 0) is 30.0 Å². The Balaban J connectivity index is 1.76. The Kier molecular flexibility index (Phi) is 10.5. The van der Waals surface area contributed by atoms with Crippen LogP contribution in [0.5, 0.6) is 0 Å². The van der Waals surface area contributed by atoms with Gasteiger partial charge >= 0.3 is 13.5 Å². The first-order chi connectivity index (χ1) is 18.3. The number of nitrogens with one attached hydrogen (secondary N) is 1. The predicted octanol–water partition coefficient (Wildman–Crippen LogP) is 4.89. The second-order valence-corrected chi connectivity index (χ2v) is 13.7. The van der Waals surface area contributed by atoms with E-state index in [4.69, 9.17) is 19.8 Å². The first kappa shape index (κ1) is 31.0. The summed E-state index contributed by atoms with van der Waals surface area (Å²) in [6.45, 7) is 13.8. The van der Waals surface area contributed by atoms with Crippen LogP contribution in [0.1, 0.15) is 80.6 Å². The molecule has 2 heterocycles. The Morgan fingerprint density at radius 2 is 1.85 bits per heavy atom. The Hall–Kier alpha value is -2.56. The lowest BCUT2D eigenvalue weighted by atomic mass is 9.96. The molecule has 3 rings (SSSR count). The van der Waals surface area contributed by atoms with Crippen molar-refractivity contribution in [2.75, 3.05) is 12.1 Å². The van der Waals surface area contributed by atoms with E-state index in [2.05, 4.69) is 52.9 Å². The molecular weight excluding hydrogens is 521 g/mol. The first-order valence-electron chi connectivity index (χ1n) is 13.6. The molecule has 1 saturated carbocycles. The number of aromatic nitrogens is 4. The summed E-state index contributed by atoms with van der Waals surface area (Å²) in [5.74, 6) is 0.514. The van der Waals surface area contributed by atoms with Crippen LogP contribution in [0.4, 0.5) is 5.82 Å². The topological polar surface area (TPSA) is 156 Å². The molecule has 13 heteroatoms. The van der Waals surface area contributed by atoms with Crippen molar-refractivity contribution in [3.8, 4) is 0 Å². The molecule has 39 heavy (non-hydrogen) atoms. The van der Waals surface area contributed by atoms with Crippen LogP contribution in [-0.4, -0.2) is 55.3 Å². The number of carbonyl (C=O) groups excluding carboxylic acids is 1. The number of fused-ring (bicyclic) bond motifs is 1. The van der Waals surface area contributed by atoms with Crippen LogP contribution in [0.25, 0.3) is 11.2 Å². The van der Waals surface area contributed by atoms with E-state index in [0.717, 1.165) is 25.0 Å². The second-order valence-electron chi connectivity index (χ2n) is 11.7. The molecule has 218 valence electrons. The molecule has 1 fully saturated rings. The number of hydrogen-bond acceptors (Lipinski definition) is 10. The Labute approximate surface area is 231 Å². The van der Waals surface area contributed by atoms with Gasteiger partial charge in [0, 0.05) is 0 Å². The zero-order valence-electron chi connectivity index (χ0n) is 24.2. The molecule has 0 spiro atoms. The van der Waals surface area contributed by atoms with Crippen molar-refractivity contribution in [1.82, 2.24) is 24.6 Å². The third-order valence-corrected chi connectivity index (χ3v) is 8.02. The van der Waals surface area contributed by atoms with Crippen LogP contribution in [0.3, 0.4) is 0 Å². The highest BCUT2D eigenvalue weighted by molar-refractivity contribution is 7.56. The maximum absolute atomic E-state index is 14.1. The maximum Gasteiger partial charge on any atom is 0.365 e. The van der Waals surface area contributed by atoms with E-state index in [9.17, 15) is 9.36 Å². The largest absolute Gasteiger partial charge is 0.461 e. The minimum absolute atomic E-state index is 0.0975. The minimum Gasteiger partial charge on any atom is -0.461 e. The van der Waals surface area contributed by atoms with Gasteiger partial charge in [0.05, 0.1) is 24.7 Å². The van der Waals surface area contributed by atoms with Crippen LogP contribution in [0.2, 0.25) is 0 Å². The van der Waals surface area contributed by atoms with E-state index >= 15 is 0 Å². The van der Waals surface area contributed by atoms with Gasteiger partial charge in [-0.05, 0) is 64.7 Å². The van der Waals surface area contributed by atoms with Gasteiger partial charge in [-0.1, -0.05) is 32.9 Å². The fraction of sp³-hybridized carbons (Fsp3) is 0.731. The highest BCUT2D eigenvalue weighted by Gasteiger charge is 2.41. The molecule has 0 bridgehead atoms. The lowest BCUT2D eigenvalue weighted by Crippen LogP contribution is -2.48. The molecule has 0 amide bonds. The van der Waals surface area contributed by atoms with Crippen molar-refractivity contribution in [3.63, 3.8) is 0 Å². The number of hydrogen-bond donors (Lipinski definition) is 2. The molecule has 0 radical (unpaired) electrons. The summed E-state index contributed by atoms with van der Waals surface area (Å²) in [6.07, 6.45) is 6.31. The predicted molar refractivity (Wildman–Crippen MR) is 151 cm³/mol. The second kappa shape index (κ2) is 13.2. The van der Waals surface area contributed by atoms with Crippen molar-refractivity contribution in [2.45, 2.75) is 105 Å². The summed E-state index contributed by atoms with van der Waals surface area (Å²) < 4.78 is 33.2. The van der Waals surface area contributed by atoms with Gasteiger partial charge in [0.15, 0.2) is 11.5 Å². The van der Waals surface area contributed by atoms with E-state index < -0.39 is 25.1 Å². The summed E-state index contributed by atoms with van der Waals surface area (Å²) in [4.78, 5) is 25.4. The zero-order valence-corrected chi connectivity index (χ0v) is 25.1. The Morgan fingerprint density at radius 1 is 1.18 bits per heavy atom. The number of nitrogen functional groups attached to an aromatic ring is 1. The van der Waals surface area contributed by atoms with Gasteiger partial charge in [0.25, 0.3) is 0 Å². The maximum atomic E-state index is 14.1. The average molecular weight is 566 g/mol. The fourth-order valence-corrected chi connectivity index (χ4v) is 5.94. The van der Waals surface area contributed by atoms with E-state index in [1.807, 2.05) is 6.92 Å². The van der Waals surface area contributed by atoms with Crippen molar-refractivity contribution in [3.05, 3.63) is 12.7 Å². The zero-order chi connectivity index (χ0) is 28.8. The molecule has 12 nitrogen and oxygen atoms in total. The van der Waals surface area contributed by atoms with Crippen LogP contribution in [0.15, 0.2) is 17.8 Å². The normalized spacial score (nSPS) is 16.6. The summed E-state index contributed by atoms with van der Waals surface area (Å²) in [7, 11) is -3.80. The molecule has 1 aliphatic rings. The number of nitrogens with two attached hydrogens (primary N) is 1. The highest BCUT2D eigenvalue weighted by atomic mass is 31.2. The highest BCUT2D eigenvalue weighted by Crippen LogP contribution is 2.46. The first-order valence-corrected chi connectivity index (χ1v) is 15.5. The van der Waals surface area contributed by atoms with Crippen molar-refractivity contribution >= 4 is 36.2 Å². The molecule has 2 atom stereocenters. The Morgan fingerprint density at radius 3 is 2.44 bits per heavy atom. The smallest absolute Gasteiger partial charge is 0.365 e. The molecule has 0 aliphatic heterocycles. The molecule has 0 saturated heterocycles. The summed E-state index contributed by atoms with van der Waals surface area (Å²) in [5.41, 5.74) is 6.50. The number of oxime groups is 1. The SMILES string of the molecule is CC(C)CC(CC(C)C)=NO[P@@](=O)(CO[C@H](C)Cn1cnc2c(N)ncnc21)NC(C)(C)C(=O)OC1CCC1. The summed E-state index contributed by atoms with van der Waals surface area (Å²) in [5, 5.41) is 7.23. The number of nitrogens with zero attached hydrogens (tertiary/aromatic N) is 5. The van der Waals surface area contributed by atoms with Crippen LogP contribution < -0.4 is 10.8 Å². The third kappa shape index (κ3) is 8.98. The van der Waals surface area contributed by atoms with Crippen LogP contribution in [0, 0.1) is 11.8 Å². The monoisotopic (exact) mass is 565 g/mol. The molecular formula is C26H44N7O5P. The number of carbonyl (C=O) groups is 1. The molecule has 3 N–H and O–H groups in total. The van der Waals surface area contributed by atoms with Gasteiger partial charge in [0.2, 0.25) is 0 Å². The fourth-order valence-electron chi connectivity index (χ4n) is 4.15. The van der Waals surface area contributed by atoms with E-state index in [0.29, 0.717) is 48.2 Å². The molecule has 2 aromatic heterocycles. The van der Waals surface area contributed by atoms with E-state index in [-0.39, 0.29) is 12.5 Å². The summed E-state index contributed by atoms with van der Waals surface area (Å²) in [6, 6.07) is 0. The van der Waals surface area contributed by atoms with Crippen molar-refractivity contribution < 1.29 is 23.5 Å². The number of anilines is 1.